The molecule has 1 aromatic rings. The Bertz CT molecular complexity index is 693. The molecular weight excluding hydrogens is 340 g/mol. The summed E-state index contributed by atoms with van der Waals surface area (Å²) in [4.78, 5) is 40.5. The normalized spacial score (nSPS) is 22.4. The number of piperidine rings is 1. The number of likely N-dealkylation sites (tertiary alicyclic amines) is 1. The van der Waals surface area contributed by atoms with Crippen LogP contribution >= 0.6 is 11.8 Å². The van der Waals surface area contributed by atoms with E-state index in [-0.39, 0.29) is 30.8 Å². The topological polar surface area (TPSA) is 77.9 Å². The number of thioether (sulfide) groups is 1. The van der Waals surface area contributed by atoms with E-state index in [1.807, 2.05) is 24.3 Å². The van der Waals surface area contributed by atoms with Crippen molar-refractivity contribution < 1.29 is 19.5 Å². The summed E-state index contributed by atoms with van der Waals surface area (Å²) in [6, 6.07) is 7.87. The molecule has 2 amide bonds. The van der Waals surface area contributed by atoms with Gasteiger partial charge in [-0.25, -0.2) is 0 Å². The number of aliphatic carboxylic acids is 1. The fourth-order valence-electron chi connectivity index (χ4n) is 3.42. The summed E-state index contributed by atoms with van der Waals surface area (Å²) in [5, 5.41) is 9.14. The third-order valence-corrected chi connectivity index (χ3v) is 6.05. The van der Waals surface area contributed by atoms with Crippen LogP contribution in [0.3, 0.4) is 0 Å². The Morgan fingerprint density at radius 2 is 2.08 bits per heavy atom. The first kappa shape index (κ1) is 17.8. The minimum absolute atomic E-state index is 0.00545. The van der Waals surface area contributed by atoms with Crippen molar-refractivity contribution >= 4 is 29.5 Å². The van der Waals surface area contributed by atoms with Gasteiger partial charge < -0.3 is 14.9 Å². The number of hydrogen-bond donors (Lipinski definition) is 1. The largest absolute Gasteiger partial charge is 0.481 e. The summed E-state index contributed by atoms with van der Waals surface area (Å²) < 4.78 is 0. The molecule has 1 fully saturated rings. The fourth-order valence-corrected chi connectivity index (χ4v) is 4.64. The maximum atomic E-state index is 12.7. The zero-order chi connectivity index (χ0) is 18.0. The number of carbonyl (C=O) groups excluding carboxylic acids is 2. The zero-order valence-electron chi connectivity index (χ0n) is 14.2. The Balaban J connectivity index is 1.60. The molecule has 0 radical (unpaired) electrons. The average molecular weight is 362 g/mol. The maximum Gasteiger partial charge on any atom is 0.308 e. The van der Waals surface area contributed by atoms with Crippen molar-refractivity contribution in [2.45, 2.75) is 23.7 Å². The van der Waals surface area contributed by atoms with Gasteiger partial charge in [0.25, 0.3) is 0 Å². The predicted molar refractivity (Wildman–Crippen MR) is 94.5 cm³/mol. The number of amides is 2. The Kier molecular flexibility index (Phi) is 5.32. The minimum Gasteiger partial charge on any atom is -0.481 e. The number of hydrogen-bond acceptors (Lipinski definition) is 4. The van der Waals surface area contributed by atoms with E-state index in [9.17, 15) is 14.4 Å². The van der Waals surface area contributed by atoms with Crippen LogP contribution in [0.15, 0.2) is 29.2 Å². The molecule has 2 heterocycles. The first-order valence-corrected chi connectivity index (χ1v) is 9.43. The Morgan fingerprint density at radius 1 is 1.32 bits per heavy atom. The lowest BCUT2D eigenvalue weighted by Crippen LogP contribution is -2.47. The molecule has 7 heteroatoms. The predicted octanol–water partition coefficient (Wildman–Crippen LogP) is 1.66. The van der Waals surface area contributed by atoms with Crippen LogP contribution in [0.1, 0.15) is 24.3 Å². The van der Waals surface area contributed by atoms with Crippen molar-refractivity contribution in [2.75, 3.05) is 32.4 Å². The van der Waals surface area contributed by atoms with E-state index >= 15 is 0 Å². The minimum atomic E-state index is -0.860. The van der Waals surface area contributed by atoms with Gasteiger partial charge >= 0.3 is 5.97 Å². The molecule has 134 valence electrons. The van der Waals surface area contributed by atoms with Crippen LogP contribution in [0.5, 0.6) is 0 Å². The van der Waals surface area contributed by atoms with Crippen molar-refractivity contribution in [1.29, 1.82) is 0 Å². The van der Waals surface area contributed by atoms with E-state index in [4.69, 9.17) is 5.11 Å². The van der Waals surface area contributed by atoms with Gasteiger partial charge in [-0.05, 0) is 24.5 Å². The Hall–Kier alpha value is -2.02. The van der Waals surface area contributed by atoms with Crippen molar-refractivity contribution in [1.82, 2.24) is 9.80 Å². The molecule has 25 heavy (non-hydrogen) atoms. The third kappa shape index (κ3) is 3.81. The molecule has 2 aliphatic heterocycles. The van der Waals surface area contributed by atoms with Crippen molar-refractivity contribution in [3.8, 4) is 0 Å². The van der Waals surface area contributed by atoms with Gasteiger partial charge in [0.15, 0.2) is 0 Å². The second kappa shape index (κ2) is 7.47. The van der Waals surface area contributed by atoms with Crippen molar-refractivity contribution in [2.24, 2.45) is 5.92 Å². The highest BCUT2D eigenvalue weighted by Gasteiger charge is 2.33. The molecule has 3 rings (SSSR count). The lowest BCUT2D eigenvalue weighted by molar-refractivity contribution is -0.147. The summed E-state index contributed by atoms with van der Waals surface area (Å²) in [6.07, 6.45) is 1.29. The molecule has 2 unspecified atom stereocenters. The summed E-state index contributed by atoms with van der Waals surface area (Å²) in [5.74, 6) is -1.12. The maximum absolute atomic E-state index is 12.7. The molecule has 6 nitrogen and oxygen atoms in total. The second-order valence-electron chi connectivity index (χ2n) is 6.61. The molecule has 0 saturated carbocycles. The quantitative estimate of drug-likeness (QED) is 0.881. The number of carboxylic acids is 1. The monoisotopic (exact) mass is 362 g/mol. The molecule has 0 aliphatic carbocycles. The highest BCUT2D eigenvalue weighted by atomic mass is 32.2. The number of rotatable bonds is 4. The van der Waals surface area contributed by atoms with Gasteiger partial charge in [-0.2, -0.15) is 0 Å². The Morgan fingerprint density at radius 3 is 2.84 bits per heavy atom. The number of likely N-dealkylation sites (N-methyl/N-ethyl adjacent to an activating group) is 1. The van der Waals surface area contributed by atoms with Crippen LogP contribution in [0, 0.1) is 5.92 Å². The standard InChI is InChI=1S/C18H22N2O4S/c1-19(10-16(21)20-8-4-5-12(9-20)18(23)24)17(22)14-11-25-15-7-3-2-6-13(14)15/h2-3,6-7,12,14H,4-5,8-11H2,1H3,(H,23,24). The molecule has 2 aliphatic rings. The van der Waals surface area contributed by atoms with Crippen LogP contribution in [0.25, 0.3) is 0 Å². The van der Waals surface area contributed by atoms with E-state index in [1.54, 1.807) is 23.7 Å². The molecule has 0 spiro atoms. The van der Waals surface area contributed by atoms with Crippen molar-refractivity contribution in [3.05, 3.63) is 29.8 Å². The van der Waals surface area contributed by atoms with E-state index in [0.29, 0.717) is 25.1 Å². The number of fused-ring (bicyclic) bond motifs is 1. The number of carbonyl (C=O) groups is 3. The van der Waals surface area contributed by atoms with E-state index in [2.05, 4.69) is 0 Å². The highest BCUT2D eigenvalue weighted by molar-refractivity contribution is 7.99. The van der Waals surface area contributed by atoms with Crippen LogP contribution in [0.2, 0.25) is 0 Å². The van der Waals surface area contributed by atoms with Gasteiger partial charge in [-0.1, -0.05) is 18.2 Å². The summed E-state index contributed by atoms with van der Waals surface area (Å²) in [6.45, 7) is 0.791. The van der Waals surface area contributed by atoms with Crippen LogP contribution in [-0.2, 0) is 14.4 Å². The second-order valence-corrected chi connectivity index (χ2v) is 7.67. The van der Waals surface area contributed by atoms with Gasteiger partial charge in [-0.3, -0.25) is 14.4 Å². The molecule has 1 N–H and O–H groups in total. The molecule has 2 atom stereocenters. The van der Waals surface area contributed by atoms with Gasteiger partial charge in [0, 0.05) is 30.8 Å². The third-order valence-electron chi connectivity index (χ3n) is 4.87. The smallest absolute Gasteiger partial charge is 0.308 e. The first-order chi connectivity index (χ1) is 12.0. The van der Waals surface area contributed by atoms with E-state index in [0.717, 1.165) is 10.5 Å². The summed E-state index contributed by atoms with van der Waals surface area (Å²) in [7, 11) is 1.64. The van der Waals surface area contributed by atoms with Gasteiger partial charge in [0.2, 0.25) is 11.8 Å². The van der Waals surface area contributed by atoms with Crippen LogP contribution in [0.4, 0.5) is 0 Å². The first-order valence-electron chi connectivity index (χ1n) is 8.44. The van der Waals surface area contributed by atoms with Gasteiger partial charge in [-0.15, -0.1) is 11.8 Å². The van der Waals surface area contributed by atoms with Crippen molar-refractivity contribution in [3.63, 3.8) is 0 Å². The molecule has 0 bridgehead atoms. The molecular formula is C18H22N2O4S. The lowest BCUT2D eigenvalue weighted by Gasteiger charge is -2.32. The summed E-state index contributed by atoms with van der Waals surface area (Å²) in [5.41, 5.74) is 1.03. The highest BCUT2D eigenvalue weighted by Crippen LogP contribution is 2.40. The molecule has 0 aromatic heterocycles. The molecule has 1 aromatic carbocycles. The summed E-state index contributed by atoms with van der Waals surface area (Å²) >= 11 is 1.66. The van der Waals surface area contributed by atoms with Gasteiger partial charge in [0.05, 0.1) is 18.4 Å². The van der Waals surface area contributed by atoms with Gasteiger partial charge in [0.1, 0.15) is 0 Å². The van der Waals surface area contributed by atoms with Crippen LogP contribution < -0.4 is 0 Å². The number of nitrogens with zero attached hydrogens (tertiary/aromatic N) is 2. The molecule has 1 saturated heterocycles. The van der Waals surface area contributed by atoms with Crippen LogP contribution in [-0.4, -0.2) is 65.1 Å². The van der Waals surface area contributed by atoms with E-state index < -0.39 is 11.9 Å². The fraction of sp³-hybridized carbons (Fsp3) is 0.500. The average Bonchev–Trinajstić information content (AvgIpc) is 3.05. The van der Waals surface area contributed by atoms with E-state index in [1.165, 1.54) is 4.90 Å². The number of benzene rings is 1. The number of carboxylic acid groups (broad SMARTS) is 1. The zero-order valence-corrected chi connectivity index (χ0v) is 15.0. The Labute approximate surface area is 151 Å². The SMILES string of the molecule is CN(CC(=O)N1CCCC(C(=O)O)C1)C(=O)C1CSc2ccccc21. The lowest BCUT2D eigenvalue weighted by atomic mass is 9.98.